The summed E-state index contributed by atoms with van der Waals surface area (Å²) in [6.07, 6.45) is 0. The van der Waals surface area contributed by atoms with Gasteiger partial charge in [-0.2, -0.15) is 0 Å². The second-order valence-corrected chi connectivity index (χ2v) is 5.56. The molecule has 0 saturated heterocycles. The predicted octanol–water partition coefficient (Wildman–Crippen LogP) is 5.00. The van der Waals surface area contributed by atoms with E-state index >= 15 is 0 Å². The van der Waals surface area contributed by atoms with Crippen LogP contribution in [-0.2, 0) is 5.33 Å². The number of hydrogen-bond acceptors (Lipinski definition) is 2. The molecule has 0 atom stereocenters. The van der Waals surface area contributed by atoms with Crippen molar-refractivity contribution >= 4 is 37.5 Å². The van der Waals surface area contributed by atoms with E-state index in [1.165, 1.54) is 29.0 Å². The molecule has 0 fully saturated rings. The first kappa shape index (κ1) is 11.8. The molecular formula is C14H9BrFNS. The number of fused-ring (bicyclic) bond motifs is 1. The second kappa shape index (κ2) is 4.78. The minimum Gasteiger partial charge on any atom is -0.236 e. The Morgan fingerprint density at radius 2 is 2.06 bits per heavy atom. The smallest absolute Gasteiger partial charge is 0.124 e. The zero-order valence-corrected chi connectivity index (χ0v) is 11.8. The van der Waals surface area contributed by atoms with Crippen LogP contribution in [0.1, 0.15) is 5.56 Å². The molecule has 0 N–H and O–H groups in total. The lowest BCUT2D eigenvalue weighted by Gasteiger charge is -1.98. The molecule has 0 saturated carbocycles. The van der Waals surface area contributed by atoms with Crippen LogP contribution in [0.4, 0.5) is 4.39 Å². The average molecular weight is 322 g/mol. The first-order valence-corrected chi connectivity index (χ1v) is 7.41. The first-order chi connectivity index (χ1) is 8.76. The summed E-state index contributed by atoms with van der Waals surface area (Å²) in [5.41, 5.74) is 3.13. The Hall–Kier alpha value is -1.26. The molecule has 0 radical (unpaired) electrons. The van der Waals surface area contributed by atoms with E-state index in [2.05, 4.69) is 33.0 Å². The van der Waals surface area contributed by atoms with Gasteiger partial charge in [0.25, 0.3) is 0 Å². The number of aromatic nitrogens is 1. The van der Waals surface area contributed by atoms with Crippen molar-refractivity contribution in [3.63, 3.8) is 0 Å². The molecule has 1 nitrogen and oxygen atoms in total. The monoisotopic (exact) mass is 321 g/mol. The van der Waals surface area contributed by atoms with Crippen LogP contribution in [0, 0.1) is 5.82 Å². The van der Waals surface area contributed by atoms with Crippen molar-refractivity contribution in [1.82, 2.24) is 4.98 Å². The van der Waals surface area contributed by atoms with Gasteiger partial charge in [0.1, 0.15) is 10.8 Å². The average Bonchev–Trinajstić information content (AvgIpc) is 2.81. The van der Waals surface area contributed by atoms with Crippen molar-refractivity contribution in [2.75, 3.05) is 0 Å². The van der Waals surface area contributed by atoms with E-state index in [0.717, 1.165) is 26.1 Å². The molecule has 0 unspecified atom stereocenters. The van der Waals surface area contributed by atoms with Crippen LogP contribution in [0.25, 0.3) is 20.8 Å². The van der Waals surface area contributed by atoms with E-state index in [9.17, 15) is 4.39 Å². The van der Waals surface area contributed by atoms with Crippen LogP contribution in [0.3, 0.4) is 0 Å². The molecule has 0 spiro atoms. The largest absolute Gasteiger partial charge is 0.236 e. The Kier molecular flexibility index (Phi) is 3.14. The minimum absolute atomic E-state index is 0.216. The summed E-state index contributed by atoms with van der Waals surface area (Å²) in [6.45, 7) is 0. The zero-order chi connectivity index (χ0) is 12.5. The second-order valence-electron chi connectivity index (χ2n) is 3.97. The number of rotatable bonds is 2. The normalized spacial score (nSPS) is 11.0. The quantitative estimate of drug-likeness (QED) is 0.605. The Morgan fingerprint density at radius 1 is 1.17 bits per heavy atom. The molecule has 4 heteroatoms. The van der Waals surface area contributed by atoms with Crippen molar-refractivity contribution in [2.24, 2.45) is 0 Å². The van der Waals surface area contributed by atoms with Crippen molar-refractivity contribution in [1.29, 1.82) is 0 Å². The van der Waals surface area contributed by atoms with E-state index in [1.54, 1.807) is 6.07 Å². The van der Waals surface area contributed by atoms with E-state index in [-0.39, 0.29) is 5.82 Å². The van der Waals surface area contributed by atoms with E-state index in [4.69, 9.17) is 0 Å². The summed E-state index contributed by atoms with van der Waals surface area (Å²) in [5.74, 6) is -0.216. The molecule has 0 aliphatic heterocycles. The maximum Gasteiger partial charge on any atom is 0.124 e. The highest BCUT2D eigenvalue weighted by Gasteiger charge is 2.07. The molecule has 2 aromatic carbocycles. The molecule has 1 aromatic heterocycles. The maximum atomic E-state index is 13.1. The number of benzene rings is 2. The highest BCUT2D eigenvalue weighted by Crippen LogP contribution is 2.31. The number of nitrogens with zero attached hydrogens (tertiary/aromatic N) is 1. The Balaban J connectivity index is 2.13. The molecule has 0 aliphatic carbocycles. The molecule has 0 bridgehead atoms. The lowest BCUT2D eigenvalue weighted by molar-refractivity contribution is 0.630. The van der Waals surface area contributed by atoms with Crippen LogP contribution < -0.4 is 0 Å². The van der Waals surface area contributed by atoms with Crippen molar-refractivity contribution in [2.45, 2.75) is 5.33 Å². The number of alkyl halides is 1. The fourth-order valence-electron chi connectivity index (χ4n) is 1.81. The zero-order valence-electron chi connectivity index (χ0n) is 9.36. The van der Waals surface area contributed by atoms with Gasteiger partial charge in [0.05, 0.1) is 10.2 Å². The van der Waals surface area contributed by atoms with Gasteiger partial charge in [0.15, 0.2) is 0 Å². The minimum atomic E-state index is -0.216. The van der Waals surface area contributed by atoms with Gasteiger partial charge in [-0.25, -0.2) is 9.37 Å². The highest BCUT2D eigenvalue weighted by atomic mass is 79.9. The van der Waals surface area contributed by atoms with Crippen molar-refractivity contribution in [3.05, 3.63) is 53.8 Å². The van der Waals surface area contributed by atoms with E-state index < -0.39 is 0 Å². The van der Waals surface area contributed by atoms with Crippen LogP contribution in [0.2, 0.25) is 0 Å². The molecule has 0 amide bonds. The number of halogens is 2. The van der Waals surface area contributed by atoms with Gasteiger partial charge in [-0.05, 0) is 29.8 Å². The maximum absolute atomic E-state index is 13.1. The third-order valence-corrected chi connectivity index (χ3v) is 4.39. The summed E-state index contributed by atoms with van der Waals surface area (Å²) < 4.78 is 14.0. The summed E-state index contributed by atoms with van der Waals surface area (Å²) in [6, 6.07) is 12.9. The van der Waals surface area contributed by atoms with Crippen molar-refractivity contribution in [3.8, 4) is 10.6 Å². The predicted molar refractivity (Wildman–Crippen MR) is 77.6 cm³/mol. The molecular weight excluding hydrogens is 313 g/mol. The molecule has 3 rings (SSSR count). The van der Waals surface area contributed by atoms with Crippen LogP contribution >= 0.6 is 27.3 Å². The van der Waals surface area contributed by atoms with Gasteiger partial charge in [-0.3, -0.25) is 0 Å². The summed E-state index contributed by atoms with van der Waals surface area (Å²) in [5, 5.41) is 1.75. The van der Waals surface area contributed by atoms with Crippen LogP contribution in [0.5, 0.6) is 0 Å². The van der Waals surface area contributed by atoms with Crippen LogP contribution in [0.15, 0.2) is 42.5 Å². The van der Waals surface area contributed by atoms with Gasteiger partial charge in [-0.1, -0.05) is 34.1 Å². The highest BCUT2D eigenvalue weighted by molar-refractivity contribution is 9.08. The molecule has 3 aromatic rings. The van der Waals surface area contributed by atoms with E-state index in [1.807, 2.05) is 12.1 Å². The molecule has 90 valence electrons. The standard InChI is InChI=1S/C14H9BrFNS/c15-8-9-2-1-3-10(6-9)14-17-12-5-4-11(16)7-13(12)18-14/h1-7H,8H2. The topological polar surface area (TPSA) is 12.9 Å². The number of thiazole rings is 1. The van der Waals surface area contributed by atoms with Gasteiger partial charge in [0, 0.05) is 10.9 Å². The third-order valence-electron chi connectivity index (χ3n) is 2.68. The van der Waals surface area contributed by atoms with Gasteiger partial charge in [-0.15, -0.1) is 11.3 Å². The van der Waals surface area contributed by atoms with Gasteiger partial charge in [0.2, 0.25) is 0 Å². The Morgan fingerprint density at radius 3 is 2.89 bits per heavy atom. The van der Waals surface area contributed by atoms with Crippen LogP contribution in [-0.4, -0.2) is 4.98 Å². The Labute approximate surface area is 116 Å². The lowest BCUT2D eigenvalue weighted by atomic mass is 10.1. The lowest BCUT2D eigenvalue weighted by Crippen LogP contribution is -1.80. The van der Waals surface area contributed by atoms with Gasteiger partial charge >= 0.3 is 0 Å². The van der Waals surface area contributed by atoms with Gasteiger partial charge < -0.3 is 0 Å². The summed E-state index contributed by atoms with van der Waals surface area (Å²) in [4.78, 5) is 4.54. The van der Waals surface area contributed by atoms with E-state index in [0.29, 0.717) is 0 Å². The number of hydrogen-bond donors (Lipinski definition) is 0. The third kappa shape index (κ3) is 2.18. The molecule has 18 heavy (non-hydrogen) atoms. The molecule has 1 heterocycles. The summed E-state index contributed by atoms with van der Waals surface area (Å²) >= 11 is 4.96. The molecule has 0 aliphatic rings. The summed E-state index contributed by atoms with van der Waals surface area (Å²) in [7, 11) is 0. The fraction of sp³-hybridized carbons (Fsp3) is 0.0714. The van der Waals surface area contributed by atoms with Crippen molar-refractivity contribution < 1.29 is 4.39 Å². The SMILES string of the molecule is Fc1ccc2nc(-c3cccc(CBr)c3)sc2c1. The first-order valence-electron chi connectivity index (χ1n) is 5.47. The fourth-order valence-corrected chi connectivity index (χ4v) is 3.15. The Bertz CT molecular complexity index is 708.